The molecule has 0 aliphatic heterocycles. The Hall–Kier alpha value is -0.733. The van der Waals surface area contributed by atoms with Gasteiger partial charge in [-0.2, -0.15) is 0 Å². The highest BCUT2D eigenvalue weighted by Gasteiger charge is 2.33. The number of hydrogen-bond donors (Lipinski definition) is 0. The van der Waals surface area contributed by atoms with Gasteiger partial charge in [0.1, 0.15) is 16.3 Å². The molecule has 0 bridgehead atoms. The summed E-state index contributed by atoms with van der Waals surface area (Å²) in [6, 6.07) is 3.22. The molecule has 0 aliphatic rings. The van der Waals surface area contributed by atoms with Crippen molar-refractivity contribution in [2.45, 2.75) is 38.5 Å². The first-order chi connectivity index (χ1) is 11.1. The van der Waals surface area contributed by atoms with Crippen LogP contribution in [0.1, 0.15) is 13.8 Å². The van der Waals surface area contributed by atoms with Gasteiger partial charge in [0.2, 0.25) is 0 Å². The summed E-state index contributed by atoms with van der Waals surface area (Å²) in [5, 5.41) is 0.240. The molecule has 1 heterocycles. The first-order valence-electron chi connectivity index (χ1n) is 7.71. The third kappa shape index (κ3) is 6.29. The highest BCUT2D eigenvalue weighted by molar-refractivity contribution is 8.00. The molecule has 10 heteroatoms. The summed E-state index contributed by atoms with van der Waals surface area (Å²) in [7, 11) is -7.22. The van der Waals surface area contributed by atoms with Crippen molar-refractivity contribution in [3.05, 3.63) is 18.3 Å². The smallest absolute Gasteiger partial charge is 0.344 e. The van der Waals surface area contributed by atoms with Gasteiger partial charge in [-0.1, -0.05) is 0 Å². The van der Waals surface area contributed by atoms with Crippen LogP contribution in [-0.4, -0.2) is 43.2 Å². The molecule has 0 radical (unpaired) electrons. The van der Waals surface area contributed by atoms with E-state index in [-0.39, 0.29) is 23.7 Å². The number of methoxy groups -OCH3 is 1. The van der Waals surface area contributed by atoms with Crippen LogP contribution < -0.4 is 4.74 Å². The summed E-state index contributed by atoms with van der Waals surface area (Å²) >= 11 is 0. The Morgan fingerprint density at radius 3 is 2.29 bits per heavy atom. The standard InChI is InChI=1S/C14H27N2O5PSSi/c1-7-20-22(17,21-8-2)12-23(18,16-24(4,5)6)14-11-13(19-3)9-10-15-14/h9-11H,7-8,12H2,1-6H3. The molecule has 0 saturated heterocycles. The first kappa shape index (κ1) is 21.3. The van der Waals surface area contributed by atoms with Gasteiger partial charge in [-0.15, -0.1) is 0 Å². The van der Waals surface area contributed by atoms with Crippen LogP contribution in [0.2, 0.25) is 19.6 Å². The Morgan fingerprint density at radius 1 is 1.25 bits per heavy atom. The summed E-state index contributed by atoms with van der Waals surface area (Å²) in [5.41, 5.74) is -0.313. The molecule has 0 N–H and O–H groups in total. The maximum Gasteiger partial charge on any atom is 0.344 e. The molecule has 138 valence electrons. The van der Waals surface area contributed by atoms with Gasteiger partial charge in [-0.25, -0.2) is 9.19 Å². The van der Waals surface area contributed by atoms with Crippen LogP contribution in [0.5, 0.6) is 5.75 Å². The minimum absolute atomic E-state index is 0.200. The Bertz CT molecular complexity index is 703. The topological polar surface area (TPSA) is 87.1 Å². The SMILES string of the molecule is CCOP(=O)(CS(=O)(=N[Si](C)(C)C)c1cc(OC)ccn1)OCC. The Balaban J connectivity index is 3.48. The lowest BCUT2D eigenvalue weighted by atomic mass is 10.5. The third-order valence-corrected chi connectivity index (χ3v) is 10.9. The monoisotopic (exact) mass is 394 g/mol. The van der Waals surface area contributed by atoms with E-state index in [4.69, 9.17) is 13.8 Å². The minimum Gasteiger partial charge on any atom is -0.497 e. The normalized spacial score (nSPS) is 14.9. The first-order valence-corrected chi connectivity index (χ1v) is 14.6. The molecule has 0 spiro atoms. The predicted octanol–water partition coefficient (Wildman–Crippen LogP) is 3.98. The third-order valence-electron chi connectivity index (χ3n) is 2.67. The Morgan fingerprint density at radius 2 is 1.83 bits per heavy atom. The van der Waals surface area contributed by atoms with E-state index in [1.54, 1.807) is 26.0 Å². The van der Waals surface area contributed by atoms with Crippen molar-refractivity contribution in [2.24, 2.45) is 4.03 Å². The zero-order valence-corrected chi connectivity index (χ0v) is 17.9. The van der Waals surface area contributed by atoms with E-state index in [9.17, 15) is 8.77 Å². The Labute approximate surface area is 145 Å². The quantitative estimate of drug-likeness (QED) is 0.465. The minimum atomic E-state index is -3.54. The van der Waals surface area contributed by atoms with Gasteiger partial charge < -0.3 is 13.8 Å². The average molecular weight is 395 g/mol. The molecular formula is C14H27N2O5PSSi. The summed E-state index contributed by atoms with van der Waals surface area (Å²) in [6.07, 6.45) is 1.50. The van der Waals surface area contributed by atoms with Crippen molar-refractivity contribution in [1.29, 1.82) is 0 Å². The van der Waals surface area contributed by atoms with E-state index >= 15 is 0 Å². The molecule has 0 saturated carbocycles. The van der Waals surface area contributed by atoms with Crippen LogP contribution in [0.4, 0.5) is 0 Å². The van der Waals surface area contributed by atoms with E-state index in [1.165, 1.54) is 13.3 Å². The lowest BCUT2D eigenvalue weighted by Gasteiger charge is -2.21. The molecule has 0 amide bonds. The largest absolute Gasteiger partial charge is 0.497 e. The van der Waals surface area contributed by atoms with Crippen LogP contribution >= 0.6 is 7.60 Å². The molecule has 1 atom stereocenters. The summed E-state index contributed by atoms with van der Waals surface area (Å²) < 4.78 is 46.9. The number of aromatic nitrogens is 1. The van der Waals surface area contributed by atoms with E-state index < -0.39 is 25.6 Å². The maximum absolute atomic E-state index is 13.7. The zero-order valence-electron chi connectivity index (χ0n) is 15.1. The highest BCUT2D eigenvalue weighted by Crippen LogP contribution is 2.50. The average Bonchev–Trinajstić information content (AvgIpc) is 2.45. The predicted molar refractivity (Wildman–Crippen MR) is 98.7 cm³/mol. The van der Waals surface area contributed by atoms with Gasteiger partial charge >= 0.3 is 7.60 Å². The Kier molecular flexibility index (Phi) is 7.62. The number of hydrogen-bond acceptors (Lipinski definition) is 7. The molecule has 0 fully saturated rings. The second-order valence-corrected chi connectivity index (χ2v) is 15.6. The van der Waals surface area contributed by atoms with Gasteiger partial charge in [-0.05, 0) is 39.6 Å². The van der Waals surface area contributed by atoms with E-state index in [0.717, 1.165) is 0 Å². The van der Waals surface area contributed by atoms with E-state index in [2.05, 4.69) is 9.01 Å². The van der Waals surface area contributed by atoms with E-state index in [0.29, 0.717) is 5.75 Å². The molecule has 7 nitrogen and oxygen atoms in total. The molecule has 1 rings (SSSR count). The lowest BCUT2D eigenvalue weighted by molar-refractivity contribution is 0.224. The van der Waals surface area contributed by atoms with Gasteiger partial charge in [0.05, 0.1) is 30.1 Å². The van der Waals surface area contributed by atoms with Gasteiger partial charge in [-0.3, -0.25) is 8.59 Å². The van der Waals surface area contributed by atoms with E-state index in [1.807, 2.05) is 19.6 Å². The number of pyridine rings is 1. The zero-order chi connectivity index (χ0) is 18.4. The summed E-state index contributed by atoms with van der Waals surface area (Å²) in [6.45, 7) is 9.70. The lowest BCUT2D eigenvalue weighted by Crippen LogP contribution is -2.23. The highest BCUT2D eigenvalue weighted by atomic mass is 32.2. The number of nitrogens with zero attached hydrogens (tertiary/aromatic N) is 2. The second-order valence-electron chi connectivity index (χ2n) is 6.01. The van der Waals surface area contributed by atoms with Crippen molar-refractivity contribution < 1.29 is 22.6 Å². The fourth-order valence-corrected chi connectivity index (χ4v) is 10.9. The molecule has 0 aliphatic carbocycles. The summed E-state index contributed by atoms with van der Waals surface area (Å²) in [4.78, 5) is 4.19. The van der Waals surface area contributed by atoms with Gasteiger partial charge in [0, 0.05) is 12.3 Å². The molecule has 0 aromatic carbocycles. The van der Waals surface area contributed by atoms with Crippen molar-refractivity contribution in [3.8, 4) is 5.75 Å². The van der Waals surface area contributed by atoms with Crippen LogP contribution in [0, 0.1) is 0 Å². The molecule has 24 heavy (non-hydrogen) atoms. The van der Waals surface area contributed by atoms with Crippen LogP contribution in [-0.2, 0) is 23.3 Å². The summed E-state index contributed by atoms with van der Waals surface area (Å²) in [5.74, 6) is 0.515. The van der Waals surface area contributed by atoms with Crippen molar-refractivity contribution in [1.82, 2.24) is 4.98 Å². The fraction of sp³-hybridized carbons (Fsp3) is 0.643. The number of rotatable bonds is 9. The van der Waals surface area contributed by atoms with Gasteiger partial charge in [0.25, 0.3) is 0 Å². The van der Waals surface area contributed by atoms with Crippen LogP contribution in [0.25, 0.3) is 0 Å². The van der Waals surface area contributed by atoms with Crippen molar-refractivity contribution in [3.63, 3.8) is 0 Å². The van der Waals surface area contributed by atoms with Crippen molar-refractivity contribution >= 4 is 25.6 Å². The van der Waals surface area contributed by atoms with Crippen LogP contribution in [0.15, 0.2) is 27.4 Å². The second kappa shape index (κ2) is 8.58. The number of ether oxygens (including phenoxy) is 1. The molecular weight excluding hydrogens is 367 g/mol. The maximum atomic E-state index is 13.7. The molecule has 1 unspecified atom stereocenters. The molecule has 1 aromatic rings. The van der Waals surface area contributed by atoms with Crippen LogP contribution in [0.3, 0.4) is 0 Å². The van der Waals surface area contributed by atoms with Crippen molar-refractivity contribution in [2.75, 3.05) is 25.8 Å². The fourth-order valence-electron chi connectivity index (χ4n) is 2.00. The van der Waals surface area contributed by atoms with Gasteiger partial charge in [0.15, 0.2) is 8.24 Å². The molecule has 1 aromatic heterocycles.